The van der Waals surface area contributed by atoms with E-state index in [1.807, 2.05) is 6.92 Å². The Kier molecular flexibility index (Phi) is 12.9. The number of aliphatic hydroxyl groups excluding tert-OH is 1. The molecule has 1 saturated carbocycles. The number of aliphatic hydroxyl groups is 1. The maximum atomic E-state index is 13.3. The predicted octanol–water partition coefficient (Wildman–Crippen LogP) is 0.211. The molecule has 13 nitrogen and oxygen atoms in total. The molecule has 230 valence electrons. The van der Waals surface area contributed by atoms with Gasteiger partial charge >= 0.3 is 0 Å². The summed E-state index contributed by atoms with van der Waals surface area (Å²) in [7, 11) is 0. The van der Waals surface area contributed by atoms with Crippen molar-refractivity contribution in [2.45, 2.75) is 88.9 Å². The minimum absolute atomic E-state index is 0.0783. The average Bonchev–Trinajstić information content (AvgIpc) is 3.52. The van der Waals surface area contributed by atoms with E-state index in [1.165, 1.54) is 29.6 Å². The van der Waals surface area contributed by atoms with Gasteiger partial charge in [-0.3, -0.25) is 29.0 Å². The van der Waals surface area contributed by atoms with Gasteiger partial charge in [-0.25, -0.2) is 4.98 Å². The molecule has 5 amide bonds. The molecule has 2 aliphatic rings. The number of nitrogens with one attached hydrogen (secondary N) is 4. The maximum Gasteiger partial charge on any atom is 0.272 e. The molecule has 1 aromatic heterocycles. The number of carbonyl (C=O) groups is 5. The Hall–Kier alpha value is -3.87. The monoisotopic (exact) mass is 585 g/mol. The van der Waals surface area contributed by atoms with Crippen molar-refractivity contribution in [3.8, 4) is 0 Å². The van der Waals surface area contributed by atoms with Crippen LogP contribution in [0.5, 0.6) is 0 Å². The molecule has 1 aliphatic carbocycles. The van der Waals surface area contributed by atoms with Gasteiger partial charge in [-0.2, -0.15) is 0 Å². The summed E-state index contributed by atoms with van der Waals surface area (Å²) in [6.07, 6.45) is 10.7. The summed E-state index contributed by atoms with van der Waals surface area (Å²) in [6, 6.07) is -2.45. The van der Waals surface area contributed by atoms with Gasteiger partial charge in [0.25, 0.3) is 11.8 Å². The van der Waals surface area contributed by atoms with Crippen LogP contribution in [-0.2, 0) is 19.2 Å². The fraction of sp³-hybridized carbons (Fsp3) is 0.621. The highest BCUT2D eigenvalue weighted by atomic mass is 16.3. The van der Waals surface area contributed by atoms with Crippen LogP contribution in [-0.4, -0.2) is 93.4 Å². The van der Waals surface area contributed by atoms with E-state index >= 15 is 0 Å². The molecular formula is C29H43N7O6. The third-order valence-corrected chi connectivity index (χ3v) is 7.77. The van der Waals surface area contributed by atoms with E-state index in [2.05, 4.69) is 37.8 Å². The Morgan fingerprint density at radius 2 is 1.81 bits per heavy atom. The van der Waals surface area contributed by atoms with Gasteiger partial charge in [0.05, 0.1) is 18.8 Å². The second-order valence-electron chi connectivity index (χ2n) is 10.8. The summed E-state index contributed by atoms with van der Waals surface area (Å²) >= 11 is 0. The zero-order valence-corrected chi connectivity index (χ0v) is 24.2. The Morgan fingerprint density at radius 3 is 2.48 bits per heavy atom. The number of nitrogens with zero attached hydrogens (tertiary/aromatic N) is 3. The van der Waals surface area contributed by atoms with Crippen molar-refractivity contribution in [3.05, 3.63) is 36.9 Å². The van der Waals surface area contributed by atoms with Crippen molar-refractivity contribution < 1.29 is 29.1 Å². The molecular weight excluding hydrogens is 542 g/mol. The number of rotatable bonds is 14. The Labute approximate surface area is 246 Å². The van der Waals surface area contributed by atoms with Gasteiger partial charge in [-0.15, -0.1) is 6.58 Å². The second kappa shape index (κ2) is 16.5. The molecule has 2 heterocycles. The summed E-state index contributed by atoms with van der Waals surface area (Å²) in [5.41, 5.74) is 0.0952. The molecule has 4 unspecified atom stereocenters. The van der Waals surface area contributed by atoms with Crippen molar-refractivity contribution in [1.29, 1.82) is 0 Å². The molecule has 0 bridgehead atoms. The molecule has 1 saturated heterocycles. The number of hydrogen-bond donors (Lipinski definition) is 5. The minimum atomic E-state index is -1.45. The predicted molar refractivity (Wildman–Crippen MR) is 154 cm³/mol. The summed E-state index contributed by atoms with van der Waals surface area (Å²) in [5.74, 6) is -2.57. The summed E-state index contributed by atoms with van der Waals surface area (Å²) in [5, 5.41) is 21.2. The fourth-order valence-electron chi connectivity index (χ4n) is 5.57. The molecule has 2 fully saturated rings. The number of hydrogen-bond acceptors (Lipinski definition) is 8. The van der Waals surface area contributed by atoms with E-state index in [-0.39, 0.29) is 24.7 Å². The van der Waals surface area contributed by atoms with Gasteiger partial charge in [0, 0.05) is 25.5 Å². The van der Waals surface area contributed by atoms with E-state index in [0.717, 1.165) is 32.1 Å². The lowest BCUT2D eigenvalue weighted by molar-refractivity contribution is -0.140. The number of carbonyl (C=O) groups excluding carboxylic acids is 5. The molecule has 5 N–H and O–H groups in total. The molecule has 1 aromatic rings. The first-order chi connectivity index (χ1) is 20.3. The van der Waals surface area contributed by atoms with Crippen molar-refractivity contribution in [3.63, 3.8) is 0 Å². The third kappa shape index (κ3) is 9.07. The first-order valence-electron chi connectivity index (χ1n) is 14.8. The van der Waals surface area contributed by atoms with Gasteiger partial charge in [0.2, 0.25) is 17.7 Å². The normalized spacial score (nSPS) is 19.2. The van der Waals surface area contributed by atoms with Gasteiger partial charge in [0.15, 0.2) is 6.10 Å². The SMILES string of the molecule is C=CCNC(=O)C(O)C(CCC)NC(=O)C1CCCN1C(=O)CNC(=O)C(NC(=O)c1cnccn1)C1CCCCC1. The highest BCUT2D eigenvalue weighted by Crippen LogP contribution is 2.27. The van der Waals surface area contributed by atoms with E-state index in [1.54, 1.807) is 0 Å². The standard InChI is InChI=1S/C29H43N7O6/c1-3-9-20(25(38)29(42)32-13-4-2)34-27(40)22-12-8-16-36(22)23(37)18-33-28(41)24(19-10-6-5-7-11-19)35-26(39)21-17-30-14-15-31-21/h4,14-15,17,19-20,22,24-25,38H,2-3,5-13,16,18H2,1H3,(H,32,42)(H,33,41)(H,34,40)(H,35,39). The van der Waals surface area contributed by atoms with Crippen molar-refractivity contribution in [2.24, 2.45) is 5.92 Å². The molecule has 4 atom stereocenters. The van der Waals surface area contributed by atoms with Gasteiger partial charge in [-0.1, -0.05) is 38.7 Å². The minimum Gasteiger partial charge on any atom is -0.381 e. The van der Waals surface area contributed by atoms with Gasteiger partial charge in [-0.05, 0) is 38.0 Å². The van der Waals surface area contributed by atoms with Crippen LogP contribution >= 0.6 is 0 Å². The highest BCUT2D eigenvalue weighted by Gasteiger charge is 2.37. The smallest absolute Gasteiger partial charge is 0.272 e. The first-order valence-corrected chi connectivity index (χ1v) is 14.8. The Morgan fingerprint density at radius 1 is 1.05 bits per heavy atom. The Balaban J connectivity index is 1.61. The van der Waals surface area contributed by atoms with Crippen LogP contribution in [0.25, 0.3) is 0 Å². The summed E-state index contributed by atoms with van der Waals surface area (Å²) in [6.45, 7) is 5.59. The fourth-order valence-corrected chi connectivity index (χ4v) is 5.57. The zero-order chi connectivity index (χ0) is 30.5. The van der Waals surface area contributed by atoms with Crippen LogP contribution in [0.2, 0.25) is 0 Å². The lowest BCUT2D eigenvalue weighted by atomic mass is 9.83. The molecule has 3 rings (SSSR count). The number of likely N-dealkylation sites (tertiary alicyclic amines) is 1. The maximum absolute atomic E-state index is 13.3. The average molecular weight is 586 g/mol. The zero-order valence-electron chi connectivity index (χ0n) is 24.2. The topological polar surface area (TPSA) is 183 Å². The number of amides is 5. The molecule has 0 spiro atoms. The highest BCUT2D eigenvalue weighted by molar-refractivity contribution is 5.97. The van der Waals surface area contributed by atoms with Crippen LogP contribution in [0, 0.1) is 5.92 Å². The van der Waals surface area contributed by atoms with E-state index in [4.69, 9.17) is 0 Å². The molecule has 0 radical (unpaired) electrons. The van der Waals surface area contributed by atoms with Crippen LogP contribution in [0.15, 0.2) is 31.2 Å². The molecule has 1 aliphatic heterocycles. The van der Waals surface area contributed by atoms with Crippen LogP contribution in [0.1, 0.15) is 75.2 Å². The lowest BCUT2D eigenvalue weighted by Gasteiger charge is -2.31. The number of aromatic nitrogens is 2. The van der Waals surface area contributed by atoms with Crippen molar-refractivity contribution >= 4 is 29.5 Å². The quantitative estimate of drug-likeness (QED) is 0.192. The van der Waals surface area contributed by atoms with Crippen molar-refractivity contribution in [2.75, 3.05) is 19.6 Å². The van der Waals surface area contributed by atoms with E-state index in [0.29, 0.717) is 32.2 Å². The summed E-state index contributed by atoms with van der Waals surface area (Å²) in [4.78, 5) is 74.0. The van der Waals surface area contributed by atoms with Gasteiger partial charge < -0.3 is 31.3 Å². The molecule has 42 heavy (non-hydrogen) atoms. The first kappa shape index (κ1) is 32.6. The third-order valence-electron chi connectivity index (χ3n) is 7.77. The molecule has 13 heteroatoms. The van der Waals surface area contributed by atoms with E-state index < -0.39 is 53.8 Å². The largest absolute Gasteiger partial charge is 0.381 e. The van der Waals surface area contributed by atoms with Gasteiger partial charge in [0.1, 0.15) is 17.8 Å². The van der Waals surface area contributed by atoms with Crippen molar-refractivity contribution in [1.82, 2.24) is 36.1 Å². The lowest BCUT2D eigenvalue weighted by Crippen LogP contribution is -2.56. The Bertz CT molecular complexity index is 1100. The van der Waals surface area contributed by atoms with E-state index in [9.17, 15) is 29.1 Å². The van der Waals surface area contributed by atoms with Crippen LogP contribution < -0.4 is 21.3 Å². The van der Waals surface area contributed by atoms with Crippen LogP contribution in [0.3, 0.4) is 0 Å². The molecule has 0 aromatic carbocycles. The summed E-state index contributed by atoms with van der Waals surface area (Å²) < 4.78 is 0. The second-order valence-corrected chi connectivity index (χ2v) is 10.8. The van der Waals surface area contributed by atoms with Crippen LogP contribution in [0.4, 0.5) is 0 Å².